The lowest BCUT2D eigenvalue weighted by Crippen LogP contribution is -2.33. The monoisotopic (exact) mass is 365 g/mol. The number of benzene rings is 2. The number of rotatable bonds is 4. The van der Waals surface area contributed by atoms with Gasteiger partial charge in [-0.2, -0.15) is 0 Å². The molecular formula is C23H25O4-. The van der Waals surface area contributed by atoms with Gasteiger partial charge in [-0.25, -0.2) is 4.79 Å². The van der Waals surface area contributed by atoms with Crippen molar-refractivity contribution >= 4 is 11.9 Å². The average molecular weight is 365 g/mol. The van der Waals surface area contributed by atoms with E-state index in [9.17, 15) is 14.7 Å². The van der Waals surface area contributed by atoms with Crippen LogP contribution in [0.25, 0.3) is 0 Å². The second kappa shape index (κ2) is 6.84. The Hall–Kier alpha value is -2.62. The van der Waals surface area contributed by atoms with Gasteiger partial charge in [0.15, 0.2) is 0 Å². The number of carbonyl (C=O) groups is 2. The van der Waals surface area contributed by atoms with Crippen LogP contribution in [0.2, 0.25) is 0 Å². The van der Waals surface area contributed by atoms with Crippen LogP contribution in [0.5, 0.6) is 0 Å². The summed E-state index contributed by atoms with van der Waals surface area (Å²) in [5.41, 5.74) is 4.26. The fraction of sp³-hybridized carbons (Fsp3) is 0.391. The Bertz CT molecular complexity index is 876. The van der Waals surface area contributed by atoms with Crippen molar-refractivity contribution in [3.63, 3.8) is 0 Å². The molecule has 0 heterocycles. The van der Waals surface area contributed by atoms with Crippen LogP contribution in [0.3, 0.4) is 0 Å². The standard InChI is InChI=1S/C23H26O4/c1-22(2)11-12-23(3,4)19-13-15(5-10-18(19)22)14-27-21(26)17-8-6-16(7-9-17)20(24)25/h5-10,13H,11-12,14H2,1-4H3,(H,24,25)/p-1. The predicted octanol–water partition coefficient (Wildman–Crippen LogP) is 3.76. The Labute approximate surface area is 160 Å². The number of carbonyl (C=O) groups excluding carboxylic acids is 2. The average Bonchev–Trinajstić information content (AvgIpc) is 2.63. The van der Waals surface area contributed by atoms with Gasteiger partial charge in [0.05, 0.1) is 11.5 Å². The fourth-order valence-electron chi connectivity index (χ4n) is 3.70. The largest absolute Gasteiger partial charge is 0.545 e. The molecule has 4 heteroatoms. The minimum atomic E-state index is -1.27. The van der Waals surface area contributed by atoms with Crippen molar-refractivity contribution in [3.8, 4) is 0 Å². The van der Waals surface area contributed by atoms with Crippen LogP contribution in [0.4, 0.5) is 0 Å². The quantitative estimate of drug-likeness (QED) is 0.774. The molecule has 0 aliphatic heterocycles. The van der Waals surface area contributed by atoms with Crippen molar-refractivity contribution in [1.82, 2.24) is 0 Å². The van der Waals surface area contributed by atoms with Crippen molar-refractivity contribution in [2.45, 2.75) is 58.0 Å². The van der Waals surface area contributed by atoms with E-state index in [1.165, 1.54) is 35.4 Å². The summed E-state index contributed by atoms with van der Waals surface area (Å²) in [5, 5.41) is 10.8. The van der Waals surface area contributed by atoms with Crippen molar-refractivity contribution in [2.75, 3.05) is 0 Å². The van der Waals surface area contributed by atoms with E-state index in [1.54, 1.807) is 0 Å². The van der Waals surface area contributed by atoms with E-state index in [0.29, 0.717) is 5.56 Å². The fourth-order valence-corrected chi connectivity index (χ4v) is 3.70. The van der Waals surface area contributed by atoms with E-state index >= 15 is 0 Å². The number of carboxylic acids is 1. The van der Waals surface area contributed by atoms with Crippen molar-refractivity contribution < 1.29 is 19.4 Å². The molecule has 0 fully saturated rings. The number of carboxylic acid groups (broad SMARTS) is 1. The highest BCUT2D eigenvalue weighted by Crippen LogP contribution is 2.45. The van der Waals surface area contributed by atoms with Gasteiger partial charge in [0.25, 0.3) is 0 Å². The highest BCUT2D eigenvalue weighted by Gasteiger charge is 2.36. The molecule has 2 aromatic carbocycles. The van der Waals surface area contributed by atoms with Gasteiger partial charge in [0.2, 0.25) is 0 Å². The van der Waals surface area contributed by atoms with Gasteiger partial charge in [-0.1, -0.05) is 58.0 Å². The van der Waals surface area contributed by atoms with Gasteiger partial charge in [0, 0.05) is 0 Å². The Kier molecular flexibility index (Phi) is 4.85. The number of ether oxygens (including phenoxy) is 1. The molecule has 0 unspecified atom stereocenters. The first-order valence-electron chi connectivity index (χ1n) is 9.23. The second-order valence-corrected chi connectivity index (χ2v) is 8.59. The molecule has 0 atom stereocenters. The molecular weight excluding hydrogens is 340 g/mol. The third-order valence-corrected chi connectivity index (χ3v) is 5.64. The molecule has 27 heavy (non-hydrogen) atoms. The first kappa shape index (κ1) is 19.2. The maximum absolute atomic E-state index is 12.2. The minimum Gasteiger partial charge on any atom is -0.545 e. The number of fused-ring (bicyclic) bond motifs is 1. The molecule has 1 aliphatic carbocycles. The first-order chi connectivity index (χ1) is 12.6. The van der Waals surface area contributed by atoms with E-state index in [4.69, 9.17) is 4.74 Å². The van der Waals surface area contributed by atoms with E-state index in [2.05, 4.69) is 39.8 Å². The van der Waals surface area contributed by atoms with Crippen molar-refractivity contribution in [3.05, 3.63) is 70.3 Å². The Morgan fingerprint density at radius 1 is 0.889 bits per heavy atom. The van der Waals surface area contributed by atoms with Gasteiger partial charge in [-0.3, -0.25) is 0 Å². The zero-order valence-corrected chi connectivity index (χ0v) is 16.3. The SMILES string of the molecule is CC1(C)CCC(C)(C)c2cc(COC(=O)c3ccc(C(=O)[O-])cc3)ccc21. The number of hydrogen-bond donors (Lipinski definition) is 0. The molecule has 0 radical (unpaired) electrons. The third kappa shape index (κ3) is 3.90. The predicted molar refractivity (Wildman–Crippen MR) is 102 cm³/mol. The van der Waals surface area contributed by atoms with Crippen LogP contribution < -0.4 is 5.11 Å². The van der Waals surface area contributed by atoms with Crippen LogP contribution in [-0.2, 0) is 22.2 Å². The number of hydrogen-bond acceptors (Lipinski definition) is 4. The Morgan fingerprint density at radius 2 is 1.44 bits per heavy atom. The van der Waals surface area contributed by atoms with Gasteiger partial charge < -0.3 is 14.6 Å². The molecule has 0 saturated carbocycles. The van der Waals surface area contributed by atoms with Crippen LogP contribution in [0, 0.1) is 0 Å². The summed E-state index contributed by atoms with van der Waals surface area (Å²) in [7, 11) is 0. The highest BCUT2D eigenvalue weighted by molar-refractivity contribution is 5.91. The van der Waals surface area contributed by atoms with Gasteiger partial charge >= 0.3 is 5.97 Å². The molecule has 0 aromatic heterocycles. The summed E-state index contributed by atoms with van der Waals surface area (Å²) in [4.78, 5) is 23.0. The maximum Gasteiger partial charge on any atom is 0.338 e. The molecule has 0 N–H and O–H groups in total. The number of aromatic carboxylic acids is 1. The molecule has 0 spiro atoms. The molecule has 0 bridgehead atoms. The van der Waals surface area contributed by atoms with E-state index in [0.717, 1.165) is 18.4 Å². The molecule has 0 saturated heterocycles. The zero-order chi connectivity index (χ0) is 19.8. The number of esters is 1. The molecule has 1 aliphatic rings. The summed E-state index contributed by atoms with van der Waals surface area (Å²) in [6.07, 6.45) is 2.28. The smallest absolute Gasteiger partial charge is 0.338 e. The lowest BCUT2D eigenvalue weighted by atomic mass is 9.63. The van der Waals surface area contributed by atoms with Crippen LogP contribution in [-0.4, -0.2) is 11.9 Å². The summed E-state index contributed by atoms with van der Waals surface area (Å²) in [5.74, 6) is -1.74. The molecule has 0 amide bonds. The third-order valence-electron chi connectivity index (χ3n) is 5.64. The normalized spacial score (nSPS) is 17.0. The minimum absolute atomic E-state index is 0.0334. The van der Waals surface area contributed by atoms with Crippen LogP contribution in [0.1, 0.15) is 77.9 Å². The molecule has 3 rings (SSSR count). The van der Waals surface area contributed by atoms with E-state index in [1.807, 2.05) is 6.07 Å². The van der Waals surface area contributed by atoms with Crippen LogP contribution in [0.15, 0.2) is 42.5 Å². The molecule has 4 nitrogen and oxygen atoms in total. The molecule has 2 aromatic rings. The highest BCUT2D eigenvalue weighted by atomic mass is 16.5. The lowest BCUT2D eigenvalue weighted by Gasteiger charge is -2.42. The first-order valence-corrected chi connectivity index (χ1v) is 9.23. The topological polar surface area (TPSA) is 66.4 Å². The van der Waals surface area contributed by atoms with Gasteiger partial charge in [-0.15, -0.1) is 0 Å². The van der Waals surface area contributed by atoms with Crippen LogP contribution >= 0.6 is 0 Å². The summed E-state index contributed by atoms with van der Waals surface area (Å²) in [6.45, 7) is 9.25. The van der Waals surface area contributed by atoms with Gasteiger partial charge in [0.1, 0.15) is 6.61 Å². The summed E-state index contributed by atoms with van der Waals surface area (Å²) >= 11 is 0. The Morgan fingerprint density at radius 3 is 2.04 bits per heavy atom. The molecule has 142 valence electrons. The van der Waals surface area contributed by atoms with Gasteiger partial charge in [-0.05, 0) is 58.1 Å². The van der Waals surface area contributed by atoms with E-state index < -0.39 is 11.9 Å². The lowest BCUT2D eigenvalue weighted by molar-refractivity contribution is -0.255. The summed E-state index contributed by atoms with van der Waals surface area (Å²) in [6, 6.07) is 11.9. The Balaban J connectivity index is 1.75. The van der Waals surface area contributed by atoms with Crippen molar-refractivity contribution in [2.24, 2.45) is 0 Å². The maximum atomic E-state index is 12.2. The zero-order valence-electron chi connectivity index (χ0n) is 16.3. The summed E-state index contributed by atoms with van der Waals surface area (Å²) < 4.78 is 5.42. The second-order valence-electron chi connectivity index (χ2n) is 8.59. The van der Waals surface area contributed by atoms with Crippen molar-refractivity contribution in [1.29, 1.82) is 0 Å². The van der Waals surface area contributed by atoms with E-state index in [-0.39, 0.29) is 23.0 Å².